The highest BCUT2D eigenvalue weighted by Gasteiger charge is 2.16. The Bertz CT molecular complexity index is 598. The molecule has 0 saturated heterocycles. The topological polar surface area (TPSA) is 34.2 Å². The molecule has 20 heavy (non-hydrogen) atoms. The second kappa shape index (κ2) is 6.87. The molecule has 1 N–H and O–H groups in total. The molecule has 0 bridgehead atoms. The molecule has 2 aromatic heterocycles. The number of halogens is 1. The number of hydrogen-bond donors (Lipinski definition) is 1. The molecule has 1 atom stereocenters. The molecule has 0 aromatic carbocycles. The van der Waals surface area contributed by atoms with Crippen LogP contribution in [0, 0.1) is 16.7 Å². The van der Waals surface area contributed by atoms with Gasteiger partial charge in [-0.15, -0.1) is 11.3 Å². The van der Waals surface area contributed by atoms with E-state index in [0.717, 1.165) is 29.0 Å². The molecular weight excluding hydrogens is 383 g/mol. The quantitative estimate of drug-likeness (QED) is 0.771. The lowest BCUT2D eigenvalue weighted by atomic mass is 10.0. The molecule has 108 valence electrons. The summed E-state index contributed by atoms with van der Waals surface area (Å²) in [4.78, 5) is 4.59. The van der Waals surface area contributed by atoms with E-state index in [1.54, 1.807) is 18.4 Å². The van der Waals surface area contributed by atoms with Crippen LogP contribution in [0.3, 0.4) is 0 Å². The average molecular weight is 402 g/mol. The lowest BCUT2D eigenvalue weighted by Gasteiger charge is -2.18. The molecule has 0 amide bonds. The molecule has 3 nitrogen and oxygen atoms in total. The monoisotopic (exact) mass is 402 g/mol. The molecule has 2 heterocycles. The van der Waals surface area contributed by atoms with Gasteiger partial charge in [0.15, 0.2) is 0 Å². The van der Waals surface area contributed by atoms with Crippen LogP contribution < -0.4 is 10.1 Å². The molecule has 0 spiro atoms. The zero-order valence-electron chi connectivity index (χ0n) is 12.2. The fourth-order valence-electron chi connectivity index (χ4n) is 2.36. The highest BCUT2D eigenvalue weighted by Crippen LogP contribution is 2.29. The number of aromatic nitrogens is 1. The van der Waals surface area contributed by atoms with Crippen molar-refractivity contribution in [3.8, 4) is 5.75 Å². The number of thiophene rings is 1. The van der Waals surface area contributed by atoms with Gasteiger partial charge < -0.3 is 10.1 Å². The van der Waals surface area contributed by atoms with Crippen molar-refractivity contribution in [3.63, 3.8) is 0 Å². The van der Waals surface area contributed by atoms with Crippen LogP contribution in [-0.2, 0) is 6.42 Å². The summed E-state index contributed by atoms with van der Waals surface area (Å²) < 4.78 is 6.79. The third kappa shape index (κ3) is 3.32. The van der Waals surface area contributed by atoms with Gasteiger partial charge in [0, 0.05) is 35.5 Å². The zero-order chi connectivity index (χ0) is 14.7. The molecule has 1 unspecified atom stereocenters. The fourth-order valence-corrected chi connectivity index (χ4v) is 3.79. The van der Waals surface area contributed by atoms with Crippen molar-refractivity contribution in [2.24, 2.45) is 0 Å². The highest BCUT2D eigenvalue weighted by molar-refractivity contribution is 14.1. The van der Waals surface area contributed by atoms with Crippen LogP contribution in [0.15, 0.2) is 17.6 Å². The van der Waals surface area contributed by atoms with E-state index in [9.17, 15) is 0 Å². The number of likely N-dealkylation sites (N-methyl/N-ethyl adjacent to an activating group) is 1. The minimum atomic E-state index is 0.286. The Morgan fingerprint density at radius 1 is 1.45 bits per heavy atom. The number of pyridine rings is 1. The molecule has 0 radical (unpaired) electrons. The maximum Gasteiger partial charge on any atom is 0.128 e. The van der Waals surface area contributed by atoms with Crippen molar-refractivity contribution in [3.05, 3.63) is 42.9 Å². The van der Waals surface area contributed by atoms with Gasteiger partial charge in [0.1, 0.15) is 5.75 Å². The minimum Gasteiger partial charge on any atom is -0.496 e. The van der Waals surface area contributed by atoms with E-state index >= 15 is 0 Å². The largest absolute Gasteiger partial charge is 0.496 e. The number of methoxy groups -OCH3 is 1. The Kier molecular flexibility index (Phi) is 5.40. The zero-order valence-corrected chi connectivity index (χ0v) is 15.1. The van der Waals surface area contributed by atoms with E-state index < -0.39 is 0 Å². The van der Waals surface area contributed by atoms with Crippen molar-refractivity contribution >= 4 is 33.9 Å². The Morgan fingerprint density at radius 3 is 2.75 bits per heavy atom. The predicted molar refractivity (Wildman–Crippen MR) is 92.8 cm³/mol. The standard InChI is InChI=1S/C15H19IN2OS/c1-9-7-18-12(10(2)15(9)19-4)6-13(17-3)11-5-14(16)20-8-11/h5,7-8,13,17H,6H2,1-4H3. The van der Waals surface area contributed by atoms with Crippen molar-refractivity contribution in [2.75, 3.05) is 14.2 Å². The van der Waals surface area contributed by atoms with E-state index in [2.05, 4.69) is 51.3 Å². The van der Waals surface area contributed by atoms with Crippen molar-refractivity contribution in [1.29, 1.82) is 0 Å². The lowest BCUT2D eigenvalue weighted by Crippen LogP contribution is -2.19. The van der Waals surface area contributed by atoms with Crippen LogP contribution in [0.25, 0.3) is 0 Å². The van der Waals surface area contributed by atoms with Crippen LogP contribution >= 0.6 is 33.9 Å². The first-order chi connectivity index (χ1) is 9.56. The molecule has 2 aromatic rings. The summed E-state index contributed by atoms with van der Waals surface area (Å²) in [7, 11) is 3.71. The number of nitrogens with zero attached hydrogens (tertiary/aromatic N) is 1. The molecule has 5 heteroatoms. The minimum absolute atomic E-state index is 0.286. The van der Waals surface area contributed by atoms with E-state index in [1.165, 1.54) is 8.45 Å². The van der Waals surface area contributed by atoms with Crippen LogP contribution in [0.1, 0.15) is 28.4 Å². The summed E-state index contributed by atoms with van der Waals surface area (Å²) in [5.74, 6) is 0.949. The van der Waals surface area contributed by atoms with Gasteiger partial charge in [-0.1, -0.05) is 0 Å². The first-order valence-corrected chi connectivity index (χ1v) is 8.43. The van der Waals surface area contributed by atoms with E-state index in [1.807, 2.05) is 20.2 Å². The molecule has 0 saturated carbocycles. The van der Waals surface area contributed by atoms with Crippen molar-refractivity contribution in [2.45, 2.75) is 26.3 Å². The molecule has 0 fully saturated rings. The molecule has 0 aliphatic rings. The van der Waals surface area contributed by atoms with Gasteiger partial charge in [0.25, 0.3) is 0 Å². The van der Waals surface area contributed by atoms with Gasteiger partial charge in [-0.05, 0) is 60.5 Å². The summed E-state index contributed by atoms with van der Waals surface area (Å²) in [6.07, 6.45) is 2.76. The van der Waals surface area contributed by atoms with Gasteiger partial charge in [-0.25, -0.2) is 0 Å². The van der Waals surface area contributed by atoms with Gasteiger partial charge in [0.2, 0.25) is 0 Å². The summed E-state index contributed by atoms with van der Waals surface area (Å²) in [6, 6.07) is 2.51. The smallest absolute Gasteiger partial charge is 0.128 e. The summed E-state index contributed by atoms with van der Waals surface area (Å²) in [6.45, 7) is 4.11. The molecular formula is C15H19IN2OS. The Morgan fingerprint density at radius 2 is 2.20 bits per heavy atom. The van der Waals surface area contributed by atoms with Gasteiger partial charge >= 0.3 is 0 Å². The maximum atomic E-state index is 5.48. The summed E-state index contributed by atoms with van der Waals surface area (Å²) in [5.41, 5.74) is 4.63. The maximum absolute atomic E-state index is 5.48. The number of hydrogen-bond acceptors (Lipinski definition) is 4. The van der Waals surface area contributed by atoms with E-state index in [0.29, 0.717) is 0 Å². The summed E-state index contributed by atoms with van der Waals surface area (Å²) in [5, 5.41) is 5.59. The molecule has 0 aliphatic carbocycles. The number of ether oxygens (including phenoxy) is 1. The first-order valence-electron chi connectivity index (χ1n) is 6.47. The third-order valence-electron chi connectivity index (χ3n) is 3.49. The fraction of sp³-hybridized carbons (Fsp3) is 0.400. The Labute approximate surface area is 137 Å². The number of nitrogens with one attached hydrogen (secondary N) is 1. The second-order valence-corrected chi connectivity index (χ2v) is 7.58. The number of rotatable bonds is 5. The normalized spacial score (nSPS) is 12.4. The summed E-state index contributed by atoms with van der Waals surface area (Å²) >= 11 is 4.13. The second-order valence-electron chi connectivity index (χ2n) is 4.78. The van der Waals surface area contributed by atoms with E-state index in [-0.39, 0.29) is 6.04 Å². The highest BCUT2D eigenvalue weighted by atomic mass is 127. The lowest BCUT2D eigenvalue weighted by molar-refractivity contribution is 0.406. The van der Waals surface area contributed by atoms with Crippen LogP contribution in [0.5, 0.6) is 5.75 Å². The SMILES string of the molecule is CNC(Cc1ncc(C)c(OC)c1C)c1csc(I)c1. The van der Waals surface area contributed by atoms with Gasteiger partial charge in [-0.2, -0.15) is 0 Å². The predicted octanol–water partition coefficient (Wildman–Crippen LogP) is 3.88. The van der Waals surface area contributed by atoms with Gasteiger partial charge in [-0.3, -0.25) is 4.98 Å². The van der Waals surface area contributed by atoms with Crippen molar-refractivity contribution in [1.82, 2.24) is 10.3 Å². The van der Waals surface area contributed by atoms with Crippen LogP contribution in [-0.4, -0.2) is 19.1 Å². The third-order valence-corrected chi connectivity index (χ3v) is 5.29. The first kappa shape index (κ1) is 15.7. The van der Waals surface area contributed by atoms with Crippen LogP contribution in [0.4, 0.5) is 0 Å². The Balaban J connectivity index is 2.28. The molecule has 0 aliphatic heterocycles. The Hall–Kier alpha value is -0.660. The molecule has 2 rings (SSSR count). The van der Waals surface area contributed by atoms with E-state index in [4.69, 9.17) is 4.74 Å². The number of aryl methyl sites for hydroxylation is 1. The van der Waals surface area contributed by atoms with Crippen LogP contribution in [0.2, 0.25) is 0 Å². The van der Waals surface area contributed by atoms with Crippen molar-refractivity contribution < 1.29 is 4.74 Å². The average Bonchev–Trinajstić information content (AvgIpc) is 2.85. The van der Waals surface area contributed by atoms with Gasteiger partial charge in [0.05, 0.1) is 9.99 Å².